The van der Waals surface area contributed by atoms with Crippen molar-refractivity contribution in [1.29, 1.82) is 0 Å². The summed E-state index contributed by atoms with van der Waals surface area (Å²) in [6.07, 6.45) is 3.63. The molecule has 1 N–H and O–H groups in total. The number of rotatable bonds is 5. The summed E-state index contributed by atoms with van der Waals surface area (Å²) in [4.78, 5) is 11.6. The number of nitrogens with zero attached hydrogens (tertiary/aromatic N) is 5. The Bertz CT molecular complexity index is 1260. The van der Waals surface area contributed by atoms with E-state index in [4.69, 9.17) is 14.5 Å². The van der Waals surface area contributed by atoms with Gasteiger partial charge in [0.15, 0.2) is 0 Å². The highest BCUT2D eigenvalue weighted by atomic mass is 16.5. The zero-order valence-electron chi connectivity index (χ0n) is 18.9. The minimum absolute atomic E-state index is 0.0859. The molecule has 8 nitrogen and oxygen atoms in total. The standard InChI is InChI=1S/C25H26N6O2/c1-30-14-18-9-11-22(28-24(18)33-21(16-30)17-7-5-4-6-8-17)27-23-12-10-20(25(29-23)32-3)19-13-26-31(2)15-19/h4-13,15,21H,14,16H2,1-3H3,(H,27,28,29)/t21-/m0/s1. The Morgan fingerprint density at radius 1 is 1.00 bits per heavy atom. The van der Waals surface area contributed by atoms with Gasteiger partial charge in [0.1, 0.15) is 17.7 Å². The minimum atomic E-state index is -0.0859. The minimum Gasteiger partial charge on any atom is -0.480 e. The molecule has 0 aliphatic carbocycles. The van der Waals surface area contributed by atoms with Gasteiger partial charge in [0.2, 0.25) is 11.8 Å². The highest BCUT2D eigenvalue weighted by Gasteiger charge is 2.23. The summed E-state index contributed by atoms with van der Waals surface area (Å²) in [5.74, 6) is 2.45. The highest BCUT2D eigenvalue weighted by molar-refractivity contribution is 5.70. The number of ether oxygens (including phenoxy) is 2. The molecule has 1 aliphatic rings. The molecule has 0 spiro atoms. The first-order valence-corrected chi connectivity index (χ1v) is 10.8. The van der Waals surface area contributed by atoms with Crippen molar-refractivity contribution < 1.29 is 9.47 Å². The number of anilines is 2. The molecule has 4 aromatic rings. The van der Waals surface area contributed by atoms with Crippen molar-refractivity contribution in [3.63, 3.8) is 0 Å². The molecule has 1 aromatic carbocycles. The summed E-state index contributed by atoms with van der Waals surface area (Å²) in [7, 11) is 5.59. The van der Waals surface area contributed by atoms with Gasteiger partial charge in [-0.2, -0.15) is 15.1 Å². The molecule has 8 heteroatoms. The van der Waals surface area contributed by atoms with Crippen LogP contribution in [0, 0.1) is 0 Å². The SMILES string of the molecule is COc1nc(Nc2ccc3c(n2)O[C@H](c2ccccc2)CN(C)C3)ccc1-c1cnn(C)c1. The first-order chi connectivity index (χ1) is 16.1. The van der Waals surface area contributed by atoms with Crippen LogP contribution in [-0.2, 0) is 13.6 Å². The molecule has 0 saturated carbocycles. The normalized spacial score (nSPS) is 15.9. The van der Waals surface area contributed by atoms with Crippen LogP contribution >= 0.6 is 0 Å². The lowest BCUT2D eigenvalue weighted by atomic mass is 10.1. The van der Waals surface area contributed by atoms with Crippen LogP contribution in [0.25, 0.3) is 11.1 Å². The molecule has 5 rings (SSSR count). The molecule has 4 heterocycles. The monoisotopic (exact) mass is 442 g/mol. The Morgan fingerprint density at radius 2 is 1.79 bits per heavy atom. The first-order valence-electron chi connectivity index (χ1n) is 10.8. The van der Waals surface area contributed by atoms with Crippen molar-refractivity contribution in [2.24, 2.45) is 7.05 Å². The van der Waals surface area contributed by atoms with E-state index >= 15 is 0 Å². The van der Waals surface area contributed by atoms with E-state index in [0.717, 1.165) is 35.3 Å². The number of aryl methyl sites for hydroxylation is 1. The van der Waals surface area contributed by atoms with Gasteiger partial charge in [0, 0.05) is 43.0 Å². The number of nitrogens with one attached hydrogen (secondary N) is 1. The van der Waals surface area contributed by atoms with E-state index in [1.54, 1.807) is 18.0 Å². The Morgan fingerprint density at radius 3 is 2.55 bits per heavy atom. The van der Waals surface area contributed by atoms with Crippen LogP contribution in [0.3, 0.4) is 0 Å². The fourth-order valence-corrected chi connectivity index (χ4v) is 3.99. The van der Waals surface area contributed by atoms with E-state index in [1.807, 2.05) is 49.6 Å². The number of hydrogen-bond acceptors (Lipinski definition) is 7. The zero-order valence-corrected chi connectivity index (χ0v) is 18.9. The quantitative estimate of drug-likeness (QED) is 0.496. The van der Waals surface area contributed by atoms with Crippen LogP contribution in [0.15, 0.2) is 67.0 Å². The lowest BCUT2D eigenvalue weighted by Gasteiger charge is -2.20. The van der Waals surface area contributed by atoms with Crippen LogP contribution in [0.5, 0.6) is 11.8 Å². The van der Waals surface area contributed by atoms with Crippen molar-refractivity contribution >= 4 is 11.6 Å². The molecule has 1 aliphatic heterocycles. The van der Waals surface area contributed by atoms with E-state index < -0.39 is 0 Å². The maximum atomic E-state index is 6.37. The van der Waals surface area contributed by atoms with E-state index in [0.29, 0.717) is 23.4 Å². The second kappa shape index (κ2) is 8.91. The van der Waals surface area contributed by atoms with Gasteiger partial charge in [-0.1, -0.05) is 30.3 Å². The van der Waals surface area contributed by atoms with Crippen LogP contribution in [0.1, 0.15) is 17.2 Å². The molecule has 3 aromatic heterocycles. The summed E-state index contributed by atoms with van der Waals surface area (Å²) < 4.78 is 13.6. The molecular weight excluding hydrogens is 416 g/mol. The van der Waals surface area contributed by atoms with Crippen LogP contribution < -0.4 is 14.8 Å². The fraction of sp³-hybridized carbons (Fsp3) is 0.240. The highest BCUT2D eigenvalue weighted by Crippen LogP contribution is 2.32. The van der Waals surface area contributed by atoms with E-state index in [-0.39, 0.29) is 6.10 Å². The smallest absolute Gasteiger partial charge is 0.223 e. The lowest BCUT2D eigenvalue weighted by Crippen LogP contribution is -2.24. The summed E-state index contributed by atoms with van der Waals surface area (Å²) in [5, 5.41) is 7.51. The maximum Gasteiger partial charge on any atom is 0.223 e. The van der Waals surface area contributed by atoms with Gasteiger partial charge < -0.3 is 14.8 Å². The van der Waals surface area contributed by atoms with Crippen LogP contribution in [-0.4, -0.2) is 45.4 Å². The first kappa shape index (κ1) is 21.0. The maximum absolute atomic E-state index is 6.37. The third-order valence-corrected chi connectivity index (χ3v) is 5.61. The number of likely N-dealkylation sites (N-methyl/N-ethyl adjacent to an activating group) is 1. The van der Waals surface area contributed by atoms with Gasteiger partial charge in [0.05, 0.1) is 13.3 Å². The number of aromatic nitrogens is 4. The number of benzene rings is 1. The van der Waals surface area contributed by atoms with Crippen molar-refractivity contribution in [3.05, 3.63) is 78.1 Å². The number of pyridine rings is 2. The Kier molecular flexibility index (Phi) is 5.66. The molecule has 0 unspecified atom stereocenters. The van der Waals surface area contributed by atoms with Gasteiger partial charge in [-0.3, -0.25) is 9.58 Å². The molecule has 33 heavy (non-hydrogen) atoms. The summed E-state index contributed by atoms with van der Waals surface area (Å²) in [6.45, 7) is 1.57. The molecule has 0 amide bonds. The Labute approximate surface area is 192 Å². The largest absolute Gasteiger partial charge is 0.480 e. The molecule has 0 radical (unpaired) electrons. The summed E-state index contributed by atoms with van der Waals surface area (Å²) in [5.41, 5.74) is 4.01. The molecule has 0 fully saturated rings. The van der Waals surface area contributed by atoms with Gasteiger partial charge in [-0.25, -0.2) is 0 Å². The second-order valence-corrected chi connectivity index (χ2v) is 8.16. The zero-order chi connectivity index (χ0) is 22.8. The van der Waals surface area contributed by atoms with Crippen molar-refractivity contribution in [2.75, 3.05) is 26.0 Å². The molecule has 168 valence electrons. The molecular formula is C25H26N6O2. The molecule has 1 atom stereocenters. The third kappa shape index (κ3) is 4.51. The van der Waals surface area contributed by atoms with E-state index in [9.17, 15) is 0 Å². The van der Waals surface area contributed by atoms with Gasteiger partial charge >= 0.3 is 0 Å². The average molecular weight is 443 g/mol. The number of methoxy groups -OCH3 is 1. The predicted octanol–water partition coefficient (Wildman–Crippen LogP) is 4.19. The van der Waals surface area contributed by atoms with Crippen molar-refractivity contribution in [1.82, 2.24) is 24.6 Å². The number of hydrogen-bond donors (Lipinski definition) is 1. The third-order valence-electron chi connectivity index (χ3n) is 5.61. The number of fused-ring (bicyclic) bond motifs is 1. The van der Waals surface area contributed by atoms with Gasteiger partial charge in [-0.15, -0.1) is 0 Å². The average Bonchev–Trinajstić information content (AvgIpc) is 3.18. The summed E-state index contributed by atoms with van der Waals surface area (Å²) in [6, 6.07) is 18.1. The summed E-state index contributed by atoms with van der Waals surface area (Å²) >= 11 is 0. The molecule has 0 saturated heterocycles. The van der Waals surface area contributed by atoms with Crippen LogP contribution in [0.4, 0.5) is 11.6 Å². The molecule has 0 bridgehead atoms. The predicted molar refractivity (Wildman–Crippen MR) is 127 cm³/mol. The van der Waals surface area contributed by atoms with Crippen molar-refractivity contribution in [3.8, 4) is 22.9 Å². The Hall–Kier alpha value is -3.91. The van der Waals surface area contributed by atoms with Crippen molar-refractivity contribution in [2.45, 2.75) is 12.6 Å². The lowest BCUT2D eigenvalue weighted by molar-refractivity contribution is 0.160. The van der Waals surface area contributed by atoms with Crippen LogP contribution in [0.2, 0.25) is 0 Å². The fourth-order valence-electron chi connectivity index (χ4n) is 3.99. The Balaban J connectivity index is 1.41. The van der Waals surface area contributed by atoms with Gasteiger partial charge in [0.25, 0.3) is 0 Å². The van der Waals surface area contributed by atoms with E-state index in [2.05, 4.69) is 45.5 Å². The van der Waals surface area contributed by atoms with Gasteiger partial charge in [-0.05, 0) is 36.9 Å². The second-order valence-electron chi connectivity index (χ2n) is 8.16. The topological polar surface area (TPSA) is 77.3 Å². The van der Waals surface area contributed by atoms with E-state index in [1.165, 1.54) is 0 Å².